The fraction of sp³-hybridized carbons (Fsp3) is 0.167. The molecule has 26 heavy (non-hydrogen) atoms. The molecule has 3 aromatic rings. The minimum absolute atomic E-state index is 0.155. The van der Waals surface area contributed by atoms with Gasteiger partial charge in [-0.05, 0) is 24.3 Å². The van der Waals surface area contributed by atoms with Gasteiger partial charge >= 0.3 is 0 Å². The second kappa shape index (κ2) is 6.99. The summed E-state index contributed by atoms with van der Waals surface area (Å²) < 4.78 is 50.8. The molecule has 0 radical (unpaired) electrons. The third-order valence-corrected chi connectivity index (χ3v) is 3.53. The number of ether oxygens (including phenoxy) is 2. The van der Waals surface area contributed by atoms with E-state index in [1.165, 1.54) is 56.2 Å². The zero-order valence-electron chi connectivity index (χ0n) is 13.9. The van der Waals surface area contributed by atoms with E-state index in [0.717, 1.165) is 6.92 Å². The first kappa shape index (κ1) is 17.7. The van der Waals surface area contributed by atoms with Crippen LogP contribution < -0.4 is 9.47 Å². The Morgan fingerprint density at radius 2 is 1.81 bits per heavy atom. The molecule has 1 aromatic carbocycles. The molecule has 0 saturated heterocycles. The Hall–Kier alpha value is -3.16. The molecule has 3 rings (SSSR count). The van der Waals surface area contributed by atoms with Gasteiger partial charge in [0.25, 0.3) is 5.92 Å². The summed E-state index contributed by atoms with van der Waals surface area (Å²) in [5.41, 5.74) is 0.608. The van der Waals surface area contributed by atoms with Crippen molar-refractivity contribution in [3.63, 3.8) is 0 Å². The predicted molar refractivity (Wildman–Crippen MR) is 87.9 cm³/mol. The standard InChI is InChI=1S/C18H14F3N3O2/c1-18(20,21)16-6-4-12(8-23-16)26-17-14(9-22-10-24-17)13-5-3-11(19)7-15(13)25-2/h3-10H,1-2H3. The van der Waals surface area contributed by atoms with Gasteiger partial charge in [-0.1, -0.05) is 0 Å². The predicted octanol–water partition coefficient (Wildman–Crippen LogP) is 4.59. The van der Waals surface area contributed by atoms with Gasteiger partial charge < -0.3 is 9.47 Å². The van der Waals surface area contributed by atoms with Crippen molar-refractivity contribution >= 4 is 0 Å². The van der Waals surface area contributed by atoms with E-state index < -0.39 is 11.7 Å². The molecule has 0 atom stereocenters. The monoisotopic (exact) mass is 361 g/mol. The molecule has 8 heteroatoms. The van der Waals surface area contributed by atoms with Crippen LogP contribution in [-0.2, 0) is 5.92 Å². The van der Waals surface area contributed by atoms with Gasteiger partial charge in [-0.3, -0.25) is 4.98 Å². The summed E-state index contributed by atoms with van der Waals surface area (Å²) in [6.07, 6.45) is 3.94. The first-order valence-corrected chi connectivity index (χ1v) is 7.54. The van der Waals surface area contributed by atoms with Crippen LogP contribution in [0.2, 0.25) is 0 Å². The van der Waals surface area contributed by atoms with Crippen molar-refractivity contribution < 1.29 is 22.6 Å². The van der Waals surface area contributed by atoms with Crippen LogP contribution in [0, 0.1) is 5.82 Å². The van der Waals surface area contributed by atoms with Crippen LogP contribution >= 0.6 is 0 Å². The average Bonchev–Trinajstić information content (AvgIpc) is 2.62. The first-order chi connectivity index (χ1) is 12.4. The minimum Gasteiger partial charge on any atom is -0.496 e. The second-order valence-corrected chi connectivity index (χ2v) is 5.46. The summed E-state index contributed by atoms with van der Waals surface area (Å²) in [4.78, 5) is 11.7. The molecule has 5 nitrogen and oxygen atoms in total. The van der Waals surface area contributed by atoms with E-state index in [0.29, 0.717) is 11.1 Å². The molecule has 2 aromatic heterocycles. The highest BCUT2D eigenvalue weighted by molar-refractivity contribution is 5.74. The largest absolute Gasteiger partial charge is 0.496 e. The summed E-state index contributed by atoms with van der Waals surface area (Å²) in [7, 11) is 1.41. The molecular formula is C18H14F3N3O2. The van der Waals surface area contributed by atoms with Gasteiger partial charge in [0.05, 0.1) is 18.9 Å². The van der Waals surface area contributed by atoms with Crippen molar-refractivity contribution in [2.24, 2.45) is 0 Å². The molecule has 0 N–H and O–H groups in total. The molecule has 0 aliphatic rings. The molecule has 0 saturated carbocycles. The number of methoxy groups -OCH3 is 1. The van der Waals surface area contributed by atoms with Crippen LogP contribution in [0.3, 0.4) is 0 Å². The van der Waals surface area contributed by atoms with Crippen molar-refractivity contribution in [1.29, 1.82) is 0 Å². The lowest BCUT2D eigenvalue weighted by atomic mass is 10.1. The highest BCUT2D eigenvalue weighted by Crippen LogP contribution is 2.37. The number of aromatic nitrogens is 3. The molecule has 2 heterocycles. The maximum Gasteiger partial charge on any atom is 0.286 e. The highest BCUT2D eigenvalue weighted by Gasteiger charge is 2.26. The molecule has 134 valence electrons. The molecule has 0 aliphatic carbocycles. The maximum absolute atomic E-state index is 13.4. The summed E-state index contributed by atoms with van der Waals surface area (Å²) in [6.45, 7) is 0.763. The molecule has 0 fully saturated rings. The van der Waals surface area contributed by atoms with Crippen LogP contribution in [0.1, 0.15) is 12.6 Å². The van der Waals surface area contributed by atoms with Gasteiger partial charge in [0.15, 0.2) is 0 Å². The van der Waals surface area contributed by atoms with Gasteiger partial charge in [0.2, 0.25) is 5.88 Å². The van der Waals surface area contributed by atoms with Gasteiger partial charge in [-0.15, -0.1) is 0 Å². The van der Waals surface area contributed by atoms with Crippen molar-refractivity contribution in [3.8, 4) is 28.5 Å². The Bertz CT molecular complexity index is 912. The topological polar surface area (TPSA) is 57.1 Å². The minimum atomic E-state index is -3.04. The van der Waals surface area contributed by atoms with Crippen molar-refractivity contribution in [2.75, 3.05) is 7.11 Å². The van der Waals surface area contributed by atoms with Crippen LogP contribution in [0.4, 0.5) is 13.2 Å². The van der Waals surface area contributed by atoms with Crippen molar-refractivity contribution in [2.45, 2.75) is 12.8 Å². The van der Waals surface area contributed by atoms with Crippen molar-refractivity contribution in [3.05, 3.63) is 60.6 Å². The number of hydrogen-bond donors (Lipinski definition) is 0. The van der Waals surface area contributed by atoms with Gasteiger partial charge in [0, 0.05) is 24.8 Å². The Labute approximate surface area is 147 Å². The summed E-state index contributed by atoms with van der Waals surface area (Å²) in [5.74, 6) is -2.84. The third kappa shape index (κ3) is 3.74. The quantitative estimate of drug-likeness (QED) is 0.665. The molecule has 0 aliphatic heterocycles. The number of pyridine rings is 1. The highest BCUT2D eigenvalue weighted by atomic mass is 19.3. The average molecular weight is 361 g/mol. The van der Waals surface area contributed by atoms with Gasteiger partial charge in [-0.25, -0.2) is 14.4 Å². The Morgan fingerprint density at radius 3 is 2.46 bits per heavy atom. The maximum atomic E-state index is 13.4. The molecular weight excluding hydrogens is 347 g/mol. The molecule has 0 bridgehead atoms. The molecule has 0 unspecified atom stereocenters. The number of halogens is 3. The molecule has 0 amide bonds. The van der Waals surface area contributed by atoms with Crippen LogP contribution in [0.25, 0.3) is 11.1 Å². The van der Waals surface area contributed by atoms with E-state index in [-0.39, 0.29) is 23.1 Å². The second-order valence-electron chi connectivity index (χ2n) is 5.46. The van der Waals surface area contributed by atoms with E-state index in [1.807, 2.05) is 0 Å². The number of rotatable bonds is 5. The lowest BCUT2D eigenvalue weighted by Gasteiger charge is -2.13. The summed E-state index contributed by atoms with van der Waals surface area (Å²) in [5, 5.41) is 0. The smallest absolute Gasteiger partial charge is 0.286 e. The normalized spacial score (nSPS) is 11.3. The number of hydrogen-bond acceptors (Lipinski definition) is 5. The van der Waals surface area contributed by atoms with E-state index in [2.05, 4.69) is 15.0 Å². The Morgan fingerprint density at radius 1 is 1.00 bits per heavy atom. The van der Waals surface area contributed by atoms with E-state index in [4.69, 9.17) is 9.47 Å². The zero-order valence-corrected chi connectivity index (χ0v) is 13.9. The van der Waals surface area contributed by atoms with Gasteiger partial charge in [-0.2, -0.15) is 8.78 Å². The lowest BCUT2D eigenvalue weighted by Crippen LogP contribution is -2.09. The first-order valence-electron chi connectivity index (χ1n) is 7.54. The van der Waals surface area contributed by atoms with Crippen molar-refractivity contribution in [1.82, 2.24) is 15.0 Å². The van der Waals surface area contributed by atoms with E-state index in [9.17, 15) is 13.2 Å². The number of benzene rings is 1. The van der Waals surface area contributed by atoms with Crippen LogP contribution in [0.5, 0.6) is 17.4 Å². The van der Waals surface area contributed by atoms with E-state index >= 15 is 0 Å². The SMILES string of the molecule is COc1cc(F)ccc1-c1cncnc1Oc1ccc(C(C)(F)F)nc1. The Kier molecular flexibility index (Phi) is 4.75. The Balaban J connectivity index is 1.96. The lowest BCUT2D eigenvalue weighted by molar-refractivity contribution is 0.0127. The number of nitrogens with zero attached hydrogens (tertiary/aromatic N) is 3. The van der Waals surface area contributed by atoms with Crippen LogP contribution in [0.15, 0.2) is 49.1 Å². The fourth-order valence-electron chi connectivity index (χ4n) is 2.28. The molecule has 0 spiro atoms. The third-order valence-electron chi connectivity index (χ3n) is 3.53. The van der Waals surface area contributed by atoms with Gasteiger partial charge in [0.1, 0.15) is 29.3 Å². The summed E-state index contributed by atoms with van der Waals surface area (Å²) in [6, 6.07) is 6.56. The van der Waals surface area contributed by atoms with E-state index in [1.54, 1.807) is 0 Å². The van der Waals surface area contributed by atoms with Crippen LogP contribution in [-0.4, -0.2) is 22.1 Å². The zero-order chi connectivity index (χ0) is 18.7. The summed E-state index contributed by atoms with van der Waals surface area (Å²) >= 11 is 0. The fourth-order valence-corrected chi connectivity index (χ4v) is 2.28. The number of alkyl halides is 2.